The molecule has 0 saturated heterocycles. The van der Waals surface area contributed by atoms with Gasteiger partial charge in [0.15, 0.2) is 0 Å². The largest absolute Gasteiger partial charge is 0.394 e. The summed E-state index contributed by atoms with van der Waals surface area (Å²) in [5, 5.41) is 15.5. The second-order valence-electron chi connectivity index (χ2n) is 5.41. The van der Waals surface area contributed by atoms with Crippen molar-refractivity contribution in [1.82, 2.24) is 5.32 Å². The number of thiophene rings is 1. The van der Waals surface area contributed by atoms with Crippen molar-refractivity contribution in [3.63, 3.8) is 0 Å². The zero-order valence-electron chi connectivity index (χ0n) is 10.8. The molecule has 2 rings (SSSR count). The van der Waals surface area contributed by atoms with E-state index in [4.69, 9.17) is 0 Å². The van der Waals surface area contributed by atoms with E-state index in [0.29, 0.717) is 11.8 Å². The Labute approximate surface area is 108 Å². The third-order valence-electron chi connectivity index (χ3n) is 4.48. The van der Waals surface area contributed by atoms with E-state index in [1.807, 2.05) is 0 Å². The molecule has 2 N–H and O–H groups in total. The lowest BCUT2D eigenvalue weighted by molar-refractivity contribution is 0.0440. The van der Waals surface area contributed by atoms with Crippen molar-refractivity contribution in [3.8, 4) is 0 Å². The summed E-state index contributed by atoms with van der Waals surface area (Å²) >= 11 is 1.78. The molecular weight excluding hydrogens is 230 g/mol. The minimum absolute atomic E-state index is 0.0678. The Balaban J connectivity index is 2.03. The minimum Gasteiger partial charge on any atom is -0.394 e. The van der Waals surface area contributed by atoms with Gasteiger partial charge >= 0.3 is 0 Å². The Kier molecular flexibility index (Phi) is 4.23. The SMILES string of the molecule is CC1CCCC(CO)(NCc2cccs2)C1C. The first-order valence-electron chi connectivity index (χ1n) is 6.56. The smallest absolute Gasteiger partial charge is 0.0616 e. The normalized spacial score (nSPS) is 33.8. The van der Waals surface area contributed by atoms with Gasteiger partial charge in [0, 0.05) is 17.0 Å². The molecule has 17 heavy (non-hydrogen) atoms. The summed E-state index contributed by atoms with van der Waals surface area (Å²) in [4.78, 5) is 1.35. The molecule has 1 aliphatic carbocycles. The lowest BCUT2D eigenvalue weighted by atomic mass is 9.68. The maximum atomic E-state index is 9.80. The fourth-order valence-electron chi connectivity index (χ4n) is 2.97. The molecule has 1 aromatic heterocycles. The highest BCUT2D eigenvalue weighted by Crippen LogP contribution is 2.37. The van der Waals surface area contributed by atoms with E-state index in [0.717, 1.165) is 13.0 Å². The van der Waals surface area contributed by atoms with Crippen LogP contribution in [0.1, 0.15) is 38.0 Å². The molecule has 3 heteroatoms. The lowest BCUT2D eigenvalue weighted by Gasteiger charge is -2.45. The molecule has 3 unspecified atom stereocenters. The first kappa shape index (κ1) is 13.1. The van der Waals surface area contributed by atoms with Gasteiger partial charge in [-0.1, -0.05) is 32.8 Å². The average molecular weight is 253 g/mol. The van der Waals surface area contributed by atoms with Crippen molar-refractivity contribution in [3.05, 3.63) is 22.4 Å². The van der Waals surface area contributed by atoms with Crippen molar-refractivity contribution in [1.29, 1.82) is 0 Å². The van der Waals surface area contributed by atoms with Crippen molar-refractivity contribution in [2.24, 2.45) is 11.8 Å². The number of aliphatic hydroxyl groups is 1. The monoisotopic (exact) mass is 253 g/mol. The summed E-state index contributed by atoms with van der Waals surface area (Å²) in [5.74, 6) is 1.24. The predicted octanol–water partition coefficient (Wildman–Crippen LogP) is 3.02. The van der Waals surface area contributed by atoms with E-state index in [-0.39, 0.29) is 12.1 Å². The molecule has 0 aromatic carbocycles. The number of aliphatic hydroxyl groups excluding tert-OH is 1. The summed E-state index contributed by atoms with van der Waals surface area (Å²) in [6.07, 6.45) is 3.62. The van der Waals surface area contributed by atoms with E-state index in [2.05, 4.69) is 36.7 Å². The van der Waals surface area contributed by atoms with Crippen LogP contribution in [0, 0.1) is 11.8 Å². The zero-order chi connectivity index (χ0) is 12.3. The Morgan fingerprint density at radius 2 is 2.35 bits per heavy atom. The molecule has 1 saturated carbocycles. The fourth-order valence-corrected chi connectivity index (χ4v) is 3.61. The quantitative estimate of drug-likeness (QED) is 0.864. The third kappa shape index (κ3) is 2.72. The maximum absolute atomic E-state index is 9.80. The molecule has 0 amide bonds. The Hall–Kier alpha value is -0.380. The van der Waals surface area contributed by atoms with Crippen LogP contribution in [0.3, 0.4) is 0 Å². The molecule has 0 spiro atoms. The van der Waals surface area contributed by atoms with Gasteiger partial charge in [-0.25, -0.2) is 0 Å². The van der Waals surface area contributed by atoms with Gasteiger partial charge in [0.05, 0.1) is 6.61 Å². The summed E-state index contributed by atoms with van der Waals surface area (Å²) in [5.41, 5.74) is -0.0678. The molecule has 96 valence electrons. The van der Waals surface area contributed by atoms with Crippen molar-refractivity contribution in [2.45, 2.75) is 45.2 Å². The van der Waals surface area contributed by atoms with Gasteiger partial charge in [-0.3, -0.25) is 0 Å². The van der Waals surface area contributed by atoms with Crippen LogP contribution in [0.4, 0.5) is 0 Å². The van der Waals surface area contributed by atoms with E-state index >= 15 is 0 Å². The van der Waals surface area contributed by atoms with Crippen LogP contribution in [0.5, 0.6) is 0 Å². The van der Waals surface area contributed by atoms with Gasteiger partial charge in [0.25, 0.3) is 0 Å². The van der Waals surface area contributed by atoms with Gasteiger partial charge in [-0.05, 0) is 29.7 Å². The first-order chi connectivity index (χ1) is 8.18. The number of hydrogen-bond acceptors (Lipinski definition) is 3. The number of nitrogens with one attached hydrogen (secondary N) is 1. The summed E-state index contributed by atoms with van der Waals surface area (Å²) in [6.45, 7) is 5.72. The van der Waals surface area contributed by atoms with Gasteiger partial charge in [0.1, 0.15) is 0 Å². The van der Waals surface area contributed by atoms with E-state index in [9.17, 15) is 5.11 Å². The topological polar surface area (TPSA) is 32.3 Å². The lowest BCUT2D eigenvalue weighted by Crippen LogP contribution is -2.56. The highest BCUT2D eigenvalue weighted by Gasteiger charge is 2.40. The maximum Gasteiger partial charge on any atom is 0.0616 e. The molecule has 0 aliphatic heterocycles. The Morgan fingerprint density at radius 1 is 1.53 bits per heavy atom. The summed E-state index contributed by atoms with van der Waals surface area (Å²) < 4.78 is 0. The molecule has 1 heterocycles. The summed E-state index contributed by atoms with van der Waals surface area (Å²) in [6, 6.07) is 4.24. The molecular formula is C14H23NOS. The van der Waals surface area contributed by atoms with Crippen LogP contribution in [-0.2, 0) is 6.54 Å². The van der Waals surface area contributed by atoms with E-state index in [1.165, 1.54) is 17.7 Å². The molecule has 0 radical (unpaired) electrons. The van der Waals surface area contributed by atoms with Gasteiger partial charge in [-0.15, -0.1) is 11.3 Å². The molecule has 1 aliphatic rings. The van der Waals surface area contributed by atoms with E-state index < -0.39 is 0 Å². The highest BCUT2D eigenvalue weighted by atomic mass is 32.1. The average Bonchev–Trinajstić information content (AvgIpc) is 2.85. The second kappa shape index (κ2) is 5.51. The standard InChI is InChI=1S/C14H23NOS/c1-11-5-3-7-14(10-16,12(11)2)15-9-13-6-4-8-17-13/h4,6,8,11-12,15-16H,3,5,7,9-10H2,1-2H3. The van der Waals surface area contributed by atoms with Crippen LogP contribution in [0.15, 0.2) is 17.5 Å². The second-order valence-corrected chi connectivity index (χ2v) is 6.44. The van der Waals surface area contributed by atoms with Crippen LogP contribution >= 0.6 is 11.3 Å². The molecule has 2 nitrogen and oxygen atoms in total. The van der Waals surface area contributed by atoms with Crippen LogP contribution in [0.25, 0.3) is 0 Å². The highest BCUT2D eigenvalue weighted by molar-refractivity contribution is 7.09. The minimum atomic E-state index is -0.0678. The van der Waals surface area contributed by atoms with E-state index in [1.54, 1.807) is 11.3 Å². The van der Waals surface area contributed by atoms with Crippen LogP contribution < -0.4 is 5.32 Å². The molecule has 3 atom stereocenters. The van der Waals surface area contributed by atoms with Gasteiger partial charge in [-0.2, -0.15) is 0 Å². The Bertz CT molecular complexity index is 338. The van der Waals surface area contributed by atoms with Crippen LogP contribution in [0.2, 0.25) is 0 Å². The predicted molar refractivity (Wildman–Crippen MR) is 73.2 cm³/mol. The van der Waals surface area contributed by atoms with Crippen LogP contribution in [-0.4, -0.2) is 17.3 Å². The first-order valence-corrected chi connectivity index (χ1v) is 7.44. The van der Waals surface area contributed by atoms with Crippen molar-refractivity contribution >= 4 is 11.3 Å². The molecule has 1 fully saturated rings. The molecule has 1 aromatic rings. The van der Waals surface area contributed by atoms with Crippen molar-refractivity contribution < 1.29 is 5.11 Å². The third-order valence-corrected chi connectivity index (χ3v) is 5.36. The molecule has 0 bridgehead atoms. The number of hydrogen-bond donors (Lipinski definition) is 2. The van der Waals surface area contributed by atoms with Gasteiger partial charge < -0.3 is 10.4 Å². The Morgan fingerprint density at radius 3 is 3.00 bits per heavy atom. The number of rotatable bonds is 4. The zero-order valence-corrected chi connectivity index (χ0v) is 11.6. The van der Waals surface area contributed by atoms with Gasteiger partial charge in [0.2, 0.25) is 0 Å². The fraction of sp³-hybridized carbons (Fsp3) is 0.714. The van der Waals surface area contributed by atoms with Crippen molar-refractivity contribution in [2.75, 3.05) is 6.61 Å². The summed E-state index contributed by atoms with van der Waals surface area (Å²) in [7, 11) is 0.